The molecule has 1 atom stereocenters. The summed E-state index contributed by atoms with van der Waals surface area (Å²) in [7, 11) is 0. The SMILES string of the molecule is CCOCCCN1C(=O)c2ccccc2C1C(=O)NC1CCCCCC1. The standard InChI is InChI=1S/C21H30N2O3/c1-2-26-15-9-14-23-19(17-12-7-8-13-18(17)21(23)25)20(24)22-16-10-5-3-4-6-11-16/h7-8,12-13,16,19H,2-6,9-11,14-15H2,1H3,(H,22,24). The van der Waals surface area contributed by atoms with Gasteiger partial charge in [0.05, 0.1) is 0 Å². The summed E-state index contributed by atoms with van der Waals surface area (Å²) in [5.41, 5.74) is 1.49. The van der Waals surface area contributed by atoms with Crippen LogP contribution < -0.4 is 5.32 Å². The van der Waals surface area contributed by atoms with E-state index in [0.29, 0.717) is 25.3 Å². The molecule has 0 saturated heterocycles. The summed E-state index contributed by atoms with van der Waals surface area (Å²) in [6, 6.07) is 7.23. The lowest BCUT2D eigenvalue weighted by Gasteiger charge is -2.27. The molecule has 2 aliphatic rings. The normalized spacial score (nSPS) is 20.7. The molecule has 1 aromatic rings. The molecular weight excluding hydrogens is 328 g/mol. The predicted octanol–water partition coefficient (Wildman–Crippen LogP) is 3.45. The zero-order chi connectivity index (χ0) is 18.4. The van der Waals surface area contributed by atoms with Crippen LogP contribution in [0.1, 0.15) is 73.8 Å². The van der Waals surface area contributed by atoms with Gasteiger partial charge in [0.25, 0.3) is 5.91 Å². The molecule has 142 valence electrons. The molecular formula is C21H30N2O3. The third kappa shape index (κ3) is 4.26. The number of amides is 2. The van der Waals surface area contributed by atoms with Gasteiger partial charge >= 0.3 is 0 Å². The van der Waals surface area contributed by atoms with Crippen molar-refractivity contribution in [3.8, 4) is 0 Å². The van der Waals surface area contributed by atoms with Crippen LogP contribution in [0.2, 0.25) is 0 Å². The zero-order valence-electron chi connectivity index (χ0n) is 15.7. The smallest absolute Gasteiger partial charge is 0.255 e. The number of hydrogen-bond acceptors (Lipinski definition) is 3. The van der Waals surface area contributed by atoms with E-state index in [1.807, 2.05) is 31.2 Å². The number of ether oxygens (including phenoxy) is 1. The summed E-state index contributed by atoms with van der Waals surface area (Å²) in [6.07, 6.45) is 7.66. The van der Waals surface area contributed by atoms with E-state index in [2.05, 4.69) is 5.32 Å². The fourth-order valence-corrected chi connectivity index (χ4v) is 4.07. The van der Waals surface area contributed by atoms with Crippen LogP contribution in [-0.2, 0) is 9.53 Å². The first-order valence-corrected chi connectivity index (χ1v) is 10.0. The lowest BCUT2D eigenvalue weighted by atomic mass is 10.0. The maximum atomic E-state index is 13.1. The van der Waals surface area contributed by atoms with Crippen molar-refractivity contribution in [2.45, 2.75) is 64.0 Å². The maximum absolute atomic E-state index is 13.1. The van der Waals surface area contributed by atoms with E-state index in [1.54, 1.807) is 4.90 Å². The first-order valence-electron chi connectivity index (χ1n) is 10.0. The molecule has 1 N–H and O–H groups in total. The molecule has 5 nitrogen and oxygen atoms in total. The number of carbonyl (C=O) groups excluding carboxylic acids is 2. The topological polar surface area (TPSA) is 58.6 Å². The number of nitrogens with one attached hydrogen (secondary N) is 1. The van der Waals surface area contributed by atoms with Gasteiger partial charge in [-0.2, -0.15) is 0 Å². The second-order valence-corrected chi connectivity index (χ2v) is 7.24. The van der Waals surface area contributed by atoms with Crippen molar-refractivity contribution in [1.82, 2.24) is 10.2 Å². The molecule has 0 aromatic heterocycles. The summed E-state index contributed by atoms with van der Waals surface area (Å²) in [6.45, 7) is 3.77. The van der Waals surface area contributed by atoms with E-state index in [4.69, 9.17) is 4.74 Å². The highest BCUT2D eigenvalue weighted by atomic mass is 16.5. The van der Waals surface area contributed by atoms with E-state index >= 15 is 0 Å². The minimum atomic E-state index is -0.511. The fraction of sp³-hybridized carbons (Fsp3) is 0.619. The van der Waals surface area contributed by atoms with Crippen molar-refractivity contribution in [3.63, 3.8) is 0 Å². The van der Waals surface area contributed by atoms with Crippen molar-refractivity contribution in [2.24, 2.45) is 0 Å². The van der Waals surface area contributed by atoms with Gasteiger partial charge in [0.2, 0.25) is 5.91 Å². The summed E-state index contributed by atoms with van der Waals surface area (Å²) < 4.78 is 5.40. The Kier molecular flexibility index (Phi) is 6.67. The first kappa shape index (κ1) is 18.9. The largest absolute Gasteiger partial charge is 0.382 e. The van der Waals surface area contributed by atoms with Crippen LogP contribution in [0.15, 0.2) is 24.3 Å². The van der Waals surface area contributed by atoms with Crippen molar-refractivity contribution < 1.29 is 14.3 Å². The van der Waals surface area contributed by atoms with Gasteiger partial charge < -0.3 is 15.0 Å². The van der Waals surface area contributed by atoms with Gasteiger partial charge in [0.15, 0.2) is 0 Å². The maximum Gasteiger partial charge on any atom is 0.255 e. The Labute approximate surface area is 156 Å². The molecule has 5 heteroatoms. The molecule has 26 heavy (non-hydrogen) atoms. The number of nitrogens with zero attached hydrogens (tertiary/aromatic N) is 1. The molecule has 1 aliphatic heterocycles. The molecule has 2 amide bonds. The van der Waals surface area contributed by atoms with Crippen molar-refractivity contribution >= 4 is 11.8 Å². The minimum absolute atomic E-state index is 0.0355. The van der Waals surface area contributed by atoms with Gasteiger partial charge in [-0.05, 0) is 37.8 Å². The molecule has 1 saturated carbocycles. The molecule has 1 aromatic carbocycles. The van der Waals surface area contributed by atoms with Gasteiger partial charge in [-0.25, -0.2) is 0 Å². The number of benzene rings is 1. The zero-order valence-corrected chi connectivity index (χ0v) is 15.7. The highest BCUT2D eigenvalue weighted by molar-refractivity contribution is 6.04. The van der Waals surface area contributed by atoms with E-state index in [0.717, 1.165) is 24.8 Å². The Morgan fingerprint density at radius 3 is 2.65 bits per heavy atom. The van der Waals surface area contributed by atoms with E-state index < -0.39 is 6.04 Å². The van der Waals surface area contributed by atoms with Crippen LogP contribution in [0, 0.1) is 0 Å². The van der Waals surface area contributed by atoms with Gasteiger partial charge in [0, 0.05) is 31.4 Å². The molecule has 1 heterocycles. The molecule has 1 fully saturated rings. The fourth-order valence-electron chi connectivity index (χ4n) is 4.07. The monoisotopic (exact) mass is 358 g/mol. The minimum Gasteiger partial charge on any atom is -0.382 e. The Bertz CT molecular complexity index is 623. The molecule has 1 aliphatic carbocycles. The lowest BCUT2D eigenvalue weighted by Crippen LogP contribution is -2.43. The van der Waals surface area contributed by atoms with Crippen molar-refractivity contribution in [3.05, 3.63) is 35.4 Å². The van der Waals surface area contributed by atoms with Gasteiger partial charge in [-0.3, -0.25) is 9.59 Å². The van der Waals surface area contributed by atoms with Gasteiger partial charge in [0.1, 0.15) is 6.04 Å². The van der Waals surface area contributed by atoms with Gasteiger partial charge in [-0.15, -0.1) is 0 Å². The quantitative estimate of drug-likeness (QED) is 0.600. The summed E-state index contributed by atoms with van der Waals surface area (Å²) in [5.74, 6) is -0.0790. The Hall–Kier alpha value is -1.88. The van der Waals surface area contributed by atoms with Crippen LogP contribution in [0.25, 0.3) is 0 Å². The van der Waals surface area contributed by atoms with Crippen LogP contribution in [0.5, 0.6) is 0 Å². The van der Waals surface area contributed by atoms with Crippen molar-refractivity contribution in [1.29, 1.82) is 0 Å². The third-order valence-electron chi connectivity index (χ3n) is 5.40. The highest BCUT2D eigenvalue weighted by Gasteiger charge is 2.40. The van der Waals surface area contributed by atoms with Crippen LogP contribution in [-0.4, -0.2) is 42.5 Å². The van der Waals surface area contributed by atoms with E-state index in [1.165, 1.54) is 25.7 Å². The first-order chi connectivity index (χ1) is 12.7. The Morgan fingerprint density at radius 1 is 1.19 bits per heavy atom. The number of rotatable bonds is 7. The van der Waals surface area contributed by atoms with Crippen LogP contribution >= 0.6 is 0 Å². The molecule has 3 rings (SSSR count). The Morgan fingerprint density at radius 2 is 1.92 bits per heavy atom. The van der Waals surface area contributed by atoms with E-state index in [-0.39, 0.29) is 17.9 Å². The summed E-state index contributed by atoms with van der Waals surface area (Å²) in [5, 5.41) is 3.23. The second kappa shape index (κ2) is 9.17. The highest BCUT2D eigenvalue weighted by Crippen LogP contribution is 2.34. The number of fused-ring (bicyclic) bond motifs is 1. The molecule has 0 spiro atoms. The second-order valence-electron chi connectivity index (χ2n) is 7.24. The lowest BCUT2D eigenvalue weighted by molar-refractivity contribution is -0.126. The molecule has 0 bridgehead atoms. The summed E-state index contributed by atoms with van der Waals surface area (Å²) >= 11 is 0. The third-order valence-corrected chi connectivity index (χ3v) is 5.40. The number of carbonyl (C=O) groups is 2. The molecule has 1 unspecified atom stereocenters. The van der Waals surface area contributed by atoms with Crippen LogP contribution in [0.4, 0.5) is 0 Å². The van der Waals surface area contributed by atoms with E-state index in [9.17, 15) is 9.59 Å². The molecule has 0 radical (unpaired) electrons. The van der Waals surface area contributed by atoms with Gasteiger partial charge in [-0.1, -0.05) is 43.9 Å². The summed E-state index contributed by atoms with van der Waals surface area (Å²) in [4.78, 5) is 27.6. The average molecular weight is 358 g/mol. The van der Waals surface area contributed by atoms with Crippen LogP contribution in [0.3, 0.4) is 0 Å². The predicted molar refractivity (Wildman–Crippen MR) is 101 cm³/mol. The Balaban J connectivity index is 1.73. The average Bonchev–Trinajstić information content (AvgIpc) is 2.80. The van der Waals surface area contributed by atoms with Crippen molar-refractivity contribution in [2.75, 3.05) is 19.8 Å². The number of hydrogen-bond donors (Lipinski definition) is 1.